The Balaban J connectivity index is 2.02. The van der Waals surface area contributed by atoms with Crippen LogP contribution >= 0.6 is 0 Å². The van der Waals surface area contributed by atoms with Crippen molar-refractivity contribution in [2.45, 2.75) is 31.8 Å². The summed E-state index contributed by atoms with van der Waals surface area (Å²) in [4.78, 5) is 24.1. The van der Waals surface area contributed by atoms with Crippen molar-refractivity contribution in [3.05, 3.63) is 41.5 Å². The second kappa shape index (κ2) is 7.04. The second-order valence-electron chi connectivity index (χ2n) is 5.30. The molecule has 2 rings (SSSR count). The molecule has 1 atom stereocenters. The number of nitrogens with two attached hydrogens (primary N) is 1. The fraction of sp³-hybridized carbons (Fsp3) is 0.375. The van der Waals surface area contributed by atoms with Gasteiger partial charge in [-0.15, -0.1) is 0 Å². The molecule has 1 saturated heterocycles. The van der Waals surface area contributed by atoms with Gasteiger partial charge in [0.2, 0.25) is 5.91 Å². The number of carbonyl (C=O) groups is 2. The van der Waals surface area contributed by atoms with E-state index in [0.29, 0.717) is 6.54 Å². The van der Waals surface area contributed by atoms with Crippen LogP contribution in [0.5, 0.6) is 0 Å². The van der Waals surface area contributed by atoms with Gasteiger partial charge in [-0.1, -0.05) is 30.7 Å². The fourth-order valence-corrected chi connectivity index (χ4v) is 2.64. The van der Waals surface area contributed by atoms with Gasteiger partial charge in [0.15, 0.2) is 0 Å². The maximum absolute atomic E-state index is 11.5. The third-order valence-electron chi connectivity index (χ3n) is 3.73. The molecule has 0 bridgehead atoms. The lowest BCUT2D eigenvalue weighted by Crippen LogP contribution is -2.47. The zero-order chi connectivity index (χ0) is 15.2. The number of primary amides is 1. The molecule has 1 aliphatic rings. The summed E-state index contributed by atoms with van der Waals surface area (Å²) in [7, 11) is 0. The Labute approximate surface area is 124 Å². The van der Waals surface area contributed by atoms with Gasteiger partial charge in [-0.05, 0) is 36.6 Å². The van der Waals surface area contributed by atoms with Crippen LogP contribution in [0.15, 0.2) is 30.3 Å². The van der Waals surface area contributed by atoms with E-state index in [1.807, 2.05) is 24.3 Å². The molecule has 112 valence electrons. The molecule has 1 heterocycles. The highest BCUT2D eigenvalue weighted by atomic mass is 16.4. The Hall–Kier alpha value is -2.14. The number of rotatable bonds is 5. The number of carbonyl (C=O) groups excluding carboxylic acids is 1. The lowest BCUT2D eigenvalue weighted by Gasteiger charge is -2.33. The first-order chi connectivity index (χ1) is 10.1. The van der Waals surface area contributed by atoms with Crippen molar-refractivity contribution in [3.8, 4) is 0 Å². The minimum Gasteiger partial charge on any atom is -0.478 e. The topological polar surface area (TPSA) is 83.6 Å². The number of aliphatic carboxylic acids is 1. The molecule has 1 unspecified atom stereocenters. The number of benzene rings is 1. The minimum absolute atomic E-state index is 0.176. The highest BCUT2D eigenvalue weighted by Crippen LogP contribution is 2.19. The normalized spacial score (nSPS) is 19.7. The van der Waals surface area contributed by atoms with E-state index in [2.05, 4.69) is 4.90 Å². The number of nitrogens with zero attached hydrogens (tertiary/aromatic N) is 1. The minimum atomic E-state index is -0.961. The van der Waals surface area contributed by atoms with Crippen molar-refractivity contribution in [1.82, 2.24) is 4.90 Å². The zero-order valence-corrected chi connectivity index (χ0v) is 11.9. The van der Waals surface area contributed by atoms with E-state index in [9.17, 15) is 9.59 Å². The number of hydrogen-bond acceptors (Lipinski definition) is 3. The van der Waals surface area contributed by atoms with Crippen molar-refractivity contribution in [2.24, 2.45) is 5.73 Å². The number of amides is 1. The number of hydrogen-bond donors (Lipinski definition) is 2. The highest BCUT2D eigenvalue weighted by molar-refractivity contribution is 5.85. The zero-order valence-electron chi connectivity index (χ0n) is 11.9. The van der Waals surface area contributed by atoms with Crippen LogP contribution in [0, 0.1) is 0 Å². The monoisotopic (exact) mass is 288 g/mol. The van der Waals surface area contributed by atoms with Gasteiger partial charge in [-0.2, -0.15) is 0 Å². The average Bonchev–Trinajstić information content (AvgIpc) is 2.47. The van der Waals surface area contributed by atoms with Gasteiger partial charge in [0.05, 0.1) is 6.04 Å². The van der Waals surface area contributed by atoms with Crippen LogP contribution in [0.1, 0.15) is 30.4 Å². The lowest BCUT2D eigenvalue weighted by atomic mass is 10.0. The summed E-state index contributed by atoms with van der Waals surface area (Å²) in [5.74, 6) is -1.22. The molecule has 5 nitrogen and oxygen atoms in total. The van der Waals surface area contributed by atoms with E-state index in [1.54, 1.807) is 6.08 Å². The third-order valence-corrected chi connectivity index (χ3v) is 3.73. The summed E-state index contributed by atoms with van der Waals surface area (Å²) in [5.41, 5.74) is 7.39. The van der Waals surface area contributed by atoms with Gasteiger partial charge >= 0.3 is 5.97 Å². The van der Waals surface area contributed by atoms with Crippen molar-refractivity contribution >= 4 is 18.0 Å². The molecule has 1 amide bonds. The molecule has 0 aromatic heterocycles. The highest BCUT2D eigenvalue weighted by Gasteiger charge is 2.26. The van der Waals surface area contributed by atoms with E-state index in [0.717, 1.165) is 43.0 Å². The van der Waals surface area contributed by atoms with Crippen molar-refractivity contribution in [3.63, 3.8) is 0 Å². The van der Waals surface area contributed by atoms with Crippen molar-refractivity contribution in [1.29, 1.82) is 0 Å². The Bertz CT molecular complexity index is 537. The number of carboxylic acids is 1. The van der Waals surface area contributed by atoms with Crippen LogP contribution in [-0.2, 0) is 16.1 Å². The fourth-order valence-electron chi connectivity index (χ4n) is 2.64. The third kappa shape index (κ3) is 4.43. The van der Waals surface area contributed by atoms with Gasteiger partial charge in [0.1, 0.15) is 0 Å². The summed E-state index contributed by atoms with van der Waals surface area (Å²) >= 11 is 0. The summed E-state index contributed by atoms with van der Waals surface area (Å²) in [6.07, 6.45) is 5.63. The molecule has 3 N–H and O–H groups in total. The van der Waals surface area contributed by atoms with Crippen LogP contribution in [0.2, 0.25) is 0 Å². The quantitative estimate of drug-likeness (QED) is 0.806. The molecule has 21 heavy (non-hydrogen) atoms. The first-order valence-corrected chi connectivity index (χ1v) is 7.09. The molecule has 1 aromatic carbocycles. The smallest absolute Gasteiger partial charge is 0.328 e. The number of piperidine rings is 1. The van der Waals surface area contributed by atoms with E-state index in [4.69, 9.17) is 10.8 Å². The summed E-state index contributed by atoms with van der Waals surface area (Å²) < 4.78 is 0. The Kier molecular flexibility index (Phi) is 5.11. The first kappa shape index (κ1) is 15.3. The molecule has 1 aliphatic heterocycles. The molecular formula is C16H20N2O3. The molecule has 0 aliphatic carbocycles. The van der Waals surface area contributed by atoms with Crippen molar-refractivity contribution < 1.29 is 14.7 Å². The van der Waals surface area contributed by atoms with E-state index in [1.165, 1.54) is 0 Å². The maximum atomic E-state index is 11.5. The van der Waals surface area contributed by atoms with Gasteiger partial charge in [-0.3, -0.25) is 9.69 Å². The standard InChI is InChI=1S/C16H20N2O3/c17-16(21)14-3-1-2-10-18(14)11-13-6-4-12(5-7-13)8-9-15(19)20/h4-9,14H,1-3,10-11H2,(H2,17,21)(H,19,20). The first-order valence-electron chi connectivity index (χ1n) is 7.09. The van der Waals surface area contributed by atoms with Gasteiger partial charge in [0, 0.05) is 12.6 Å². The van der Waals surface area contributed by atoms with Crippen molar-refractivity contribution in [2.75, 3.05) is 6.54 Å². The average molecular weight is 288 g/mol. The number of carboxylic acid groups (broad SMARTS) is 1. The summed E-state index contributed by atoms with van der Waals surface area (Å²) in [5, 5.41) is 8.59. The Morgan fingerprint density at radius 2 is 2.00 bits per heavy atom. The van der Waals surface area contributed by atoms with E-state index >= 15 is 0 Å². The summed E-state index contributed by atoms with van der Waals surface area (Å²) in [6.45, 7) is 1.57. The number of likely N-dealkylation sites (tertiary alicyclic amines) is 1. The van der Waals surface area contributed by atoms with Crippen LogP contribution < -0.4 is 5.73 Å². The van der Waals surface area contributed by atoms with Crippen LogP contribution in [-0.4, -0.2) is 34.5 Å². The molecule has 0 saturated carbocycles. The van der Waals surface area contributed by atoms with Crippen LogP contribution in [0.3, 0.4) is 0 Å². The van der Waals surface area contributed by atoms with Gasteiger partial charge in [0.25, 0.3) is 0 Å². The van der Waals surface area contributed by atoms with E-state index < -0.39 is 5.97 Å². The molecule has 1 fully saturated rings. The van der Waals surface area contributed by atoms with Gasteiger partial charge in [-0.25, -0.2) is 4.79 Å². The molecule has 1 aromatic rings. The summed E-state index contributed by atoms with van der Waals surface area (Å²) in [6, 6.07) is 7.48. The van der Waals surface area contributed by atoms with Gasteiger partial charge < -0.3 is 10.8 Å². The van der Waals surface area contributed by atoms with E-state index in [-0.39, 0.29) is 11.9 Å². The molecular weight excluding hydrogens is 268 g/mol. The second-order valence-corrected chi connectivity index (χ2v) is 5.30. The molecule has 0 spiro atoms. The predicted octanol–water partition coefficient (Wildman–Crippen LogP) is 1.62. The van der Waals surface area contributed by atoms with Crippen LogP contribution in [0.25, 0.3) is 6.08 Å². The predicted molar refractivity (Wildman–Crippen MR) is 80.4 cm³/mol. The Morgan fingerprint density at radius 1 is 1.29 bits per heavy atom. The molecule has 5 heteroatoms. The SMILES string of the molecule is NC(=O)C1CCCCN1Cc1ccc(C=CC(=O)O)cc1. The Morgan fingerprint density at radius 3 is 2.62 bits per heavy atom. The van der Waals surface area contributed by atoms with Crippen LogP contribution in [0.4, 0.5) is 0 Å². The largest absolute Gasteiger partial charge is 0.478 e. The maximum Gasteiger partial charge on any atom is 0.328 e. The lowest BCUT2D eigenvalue weighted by molar-refractivity contribution is -0.131. The molecule has 0 radical (unpaired) electrons.